The number of methoxy groups -OCH3 is 1. The Balaban J connectivity index is 0.00000481. The molecule has 11 nitrogen and oxygen atoms in total. The molecule has 0 aromatic heterocycles. The van der Waals surface area contributed by atoms with Crippen molar-refractivity contribution in [1.29, 1.82) is 0 Å². The fourth-order valence-corrected chi connectivity index (χ4v) is 5.06. The first-order chi connectivity index (χ1) is 17.1. The Kier molecular flexibility index (Phi) is 10.6. The molecule has 0 spiro atoms. The van der Waals surface area contributed by atoms with Crippen LogP contribution in [0.1, 0.15) is 7.43 Å². The minimum Gasteiger partial charge on any atom is -0.759 e. The van der Waals surface area contributed by atoms with E-state index in [-0.39, 0.29) is 32.9 Å². The third-order valence-electron chi connectivity index (χ3n) is 5.12. The molecule has 2 amide bonds. The van der Waals surface area contributed by atoms with Crippen LogP contribution in [0.2, 0.25) is 5.02 Å². The lowest BCUT2D eigenvalue weighted by molar-refractivity contribution is -0.125. The highest BCUT2D eigenvalue weighted by Gasteiger charge is 2.41. The van der Waals surface area contributed by atoms with E-state index in [1.165, 1.54) is 31.4 Å². The normalized spacial score (nSPS) is 16.0. The largest absolute Gasteiger partial charge is 0.759 e. The highest BCUT2D eigenvalue weighted by Crippen LogP contribution is 2.32. The molecular weight excluding hydrogens is 540 g/mol. The van der Waals surface area contributed by atoms with Gasteiger partial charge in [0.25, 0.3) is 0 Å². The number of benzene rings is 2. The van der Waals surface area contributed by atoms with Gasteiger partial charge in [0.2, 0.25) is 15.9 Å². The van der Waals surface area contributed by atoms with Crippen LogP contribution in [-0.2, 0) is 24.3 Å². The van der Waals surface area contributed by atoms with E-state index in [1.807, 2.05) is 0 Å². The Morgan fingerprint density at radius 1 is 1.14 bits per heavy atom. The van der Waals surface area contributed by atoms with Crippen molar-refractivity contribution in [3.05, 3.63) is 58.3 Å². The molecule has 37 heavy (non-hydrogen) atoms. The van der Waals surface area contributed by atoms with E-state index < -0.39 is 63.4 Å². The lowest BCUT2D eigenvalue weighted by atomic mass is 10.2. The van der Waals surface area contributed by atoms with Gasteiger partial charge in [-0.2, -0.15) is 4.31 Å². The highest BCUT2D eigenvalue weighted by molar-refractivity contribution is 7.89. The quantitative estimate of drug-likeness (QED) is 0.381. The number of rotatable bonds is 8. The second-order valence-corrected chi connectivity index (χ2v) is 9.75. The number of piperazine rings is 1. The molecule has 1 aliphatic rings. The standard InChI is InChI=1S/C21H21ClF2N3O8S.CH4/c1-33-8-9-34-21(29)26-6-7-27(18(12-26)20(28)25-30)36(31,32)15-10-16(23)19(17(24)11-15)35-14-4-2-13(22)3-5-14;/h2-5,10-11,18H,6-9,12H2,1H3,(H-,25,28,30);1H4/q-1;. The summed E-state index contributed by atoms with van der Waals surface area (Å²) >= 11 is 5.76. The first-order valence-corrected chi connectivity index (χ1v) is 12.2. The molecule has 1 fully saturated rings. The number of carbonyl (C=O) groups is 2. The van der Waals surface area contributed by atoms with E-state index in [1.54, 1.807) is 0 Å². The van der Waals surface area contributed by atoms with Crippen molar-refractivity contribution in [3.63, 3.8) is 0 Å². The minimum absolute atomic E-state index is 0. The molecule has 0 radical (unpaired) electrons. The zero-order valence-corrected chi connectivity index (χ0v) is 20.4. The number of hydrogen-bond acceptors (Lipinski definition) is 8. The second-order valence-electron chi connectivity index (χ2n) is 7.42. The van der Waals surface area contributed by atoms with Gasteiger partial charge in [-0.25, -0.2) is 22.0 Å². The summed E-state index contributed by atoms with van der Waals surface area (Å²) in [5.74, 6) is -4.72. The summed E-state index contributed by atoms with van der Waals surface area (Å²) in [5.41, 5.74) is 1.09. The first-order valence-electron chi connectivity index (χ1n) is 10.4. The van der Waals surface area contributed by atoms with Crippen LogP contribution in [-0.4, -0.2) is 75.6 Å². The predicted molar refractivity (Wildman–Crippen MR) is 129 cm³/mol. The molecule has 0 saturated carbocycles. The van der Waals surface area contributed by atoms with Crippen molar-refractivity contribution in [2.75, 3.05) is 40.0 Å². The fraction of sp³-hybridized carbons (Fsp3) is 0.364. The van der Waals surface area contributed by atoms with Crippen molar-refractivity contribution in [2.45, 2.75) is 18.4 Å². The SMILES string of the molecule is C.COCCOC(=O)N1CCN(S(=O)(=O)c2cc(F)c(Oc3ccc(Cl)cc3)c(F)c2)C(C(=O)N[O-])C1. The molecule has 204 valence electrons. The van der Waals surface area contributed by atoms with Crippen LogP contribution in [0.5, 0.6) is 11.5 Å². The molecule has 1 unspecified atom stereocenters. The van der Waals surface area contributed by atoms with Crippen LogP contribution in [0, 0.1) is 16.8 Å². The van der Waals surface area contributed by atoms with E-state index >= 15 is 0 Å². The van der Waals surface area contributed by atoms with Crippen molar-refractivity contribution in [1.82, 2.24) is 14.7 Å². The van der Waals surface area contributed by atoms with Crippen molar-refractivity contribution in [3.8, 4) is 11.5 Å². The number of sulfonamides is 1. The molecule has 15 heteroatoms. The Bertz CT molecular complexity index is 1190. The monoisotopic (exact) mass is 564 g/mol. The maximum atomic E-state index is 14.7. The molecule has 1 aliphatic heterocycles. The number of hydroxylamine groups is 1. The number of ether oxygens (including phenoxy) is 3. The lowest BCUT2D eigenvalue weighted by Crippen LogP contribution is -2.61. The topological polar surface area (TPSA) is 138 Å². The van der Waals surface area contributed by atoms with Crippen molar-refractivity contribution < 1.29 is 41.0 Å². The van der Waals surface area contributed by atoms with Crippen LogP contribution < -0.4 is 10.2 Å². The Morgan fingerprint density at radius 2 is 1.76 bits per heavy atom. The molecule has 1 atom stereocenters. The smallest absolute Gasteiger partial charge is 0.409 e. The van der Waals surface area contributed by atoms with Gasteiger partial charge in [0.1, 0.15) is 18.4 Å². The number of carbonyl (C=O) groups excluding carboxylic acids is 2. The van der Waals surface area contributed by atoms with Crippen LogP contribution in [0.15, 0.2) is 41.3 Å². The zero-order valence-electron chi connectivity index (χ0n) is 18.8. The minimum atomic E-state index is -4.69. The molecule has 1 heterocycles. The van der Waals surface area contributed by atoms with E-state index in [0.717, 1.165) is 10.4 Å². The number of hydrogen-bond donors (Lipinski definition) is 1. The number of amides is 2. The van der Waals surface area contributed by atoms with Gasteiger partial charge in [0, 0.05) is 31.8 Å². The van der Waals surface area contributed by atoms with Crippen molar-refractivity contribution in [2.24, 2.45) is 0 Å². The predicted octanol–water partition coefficient (Wildman–Crippen LogP) is 3.12. The average molecular weight is 565 g/mol. The van der Waals surface area contributed by atoms with E-state index in [9.17, 15) is 32.0 Å². The van der Waals surface area contributed by atoms with Crippen LogP contribution >= 0.6 is 11.6 Å². The Labute approximate surface area is 217 Å². The number of nitrogens with one attached hydrogen (secondary N) is 1. The molecule has 2 aromatic carbocycles. The maximum absolute atomic E-state index is 14.7. The molecule has 0 aliphatic carbocycles. The van der Waals surface area contributed by atoms with E-state index in [0.29, 0.717) is 21.5 Å². The van der Waals surface area contributed by atoms with Gasteiger partial charge in [-0.1, -0.05) is 19.0 Å². The van der Waals surface area contributed by atoms with Gasteiger partial charge in [-0.3, -0.25) is 4.79 Å². The third kappa shape index (κ3) is 7.05. The van der Waals surface area contributed by atoms with Crippen molar-refractivity contribution >= 4 is 33.6 Å². The van der Waals surface area contributed by atoms with Gasteiger partial charge in [0.05, 0.1) is 11.5 Å². The summed E-state index contributed by atoms with van der Waals surface area (Å²) in [7, 11) is -3.30. The number of halogens is 3. The molecule has 0 bridgehead atoms. The third-order valence-corrected chi connectivity index (χ3v) is 7.26. The fourth-order valence-electron chi connectivity index (χ4n) is 3.34. The number of nitrogens with zero attached hydrogens (tertiary/aromatic N) is 2. The van der Waals surface area contributed by atoms with Crippen LogP contribution in [0.3, 0.4) is 0 Å². The Hall–Kier alpha value is -3.04. The van der Waals surface area contributed by atoms with Gasteiger partial charge in [-0.05, 0) is 36.4 Å². The molecule has 2 aromatic rings. The highest BCUT2D eigenvalue weighted by atomic mass is 35.5. The lowest BCUT2D eigenvalue weighted by Gasteiger charge is -2.39. The van der Waals surface area contributed by atoms with Gasteiger partial charge >= 0.3 is 6.09 Å². The van der Waals surface area contributed by atoms with Crippen LogP contribution in [0.25, 0.3) is 0 Å². The summed E-state index contributed by atoms with van der Waals surface area (Å²) < 4.78 is 71.4. The molecular formula is C22H25ClF2N3O8S-. The molecule has 1 saturated heterocycles. The second kappa shape index (κ2) is 13.0. The first kappa shape index (κ1) is 30.2. The van der Waals surface area contributed by atoms with Gasteiger partial charge in [0.15, 0.2) is 17.4 Å². The van der Waals surface area contributed by atoms with Gasteiger partial charge in [-0.15, -0.1) is 0 Å². The van der Waals surface area contributed by atoms with Crippen LogP contribution in [0.4, 0.5) is 13.6 Å². The summed E-state index contributed by atoms with van der Waals surface area (Å²) in [6, 6.07) is 4.96. The van der Waals surface area contributed by atoms with E-state index in [2.05, 4.69) is 0 Å². The molecule has 1 N–H and O–H groups in total. The summed E-state index contributed by atoms with van der Waals surface area (Å²) in [4.78, 5) is 24.6. The molecule has 3 rings (SSSR count). The summed E-state index contributed by atoms with van der Waals surface area (Å²) in [6.07, 6.45) is -0.853. The maximum Gasteiger partial charge on any atom is 0.409 e. The van der Waals surface area contributed by atoms with Gasteiger partial charge < -0.3 is 29.8 Å². The zero-order chi connectivity index (χ0) is 26.5. The average Bonchev–Trinajstić information content (AvgIpc) is 2.86. The Morgan fingerprint density at radius 3 is 2.32 bits per heavy atom. The summed E-state index contributed by atoms with van der Waals surface area (Å²) in [5, 5.41) is 11.4. The van der Waals surface area contributed by atoms with E-state index in [4.69, 9.17) is 25.8 Å². The summed E-state index contributed by atoms with van der Waals surface area (Å²) in [6.45, 7) is -1.17.